The van der Waals surface area contributed by atoms with Gasteiger partial charge in [0.15, 0.2) is 0 Å². The summed E-state index contributed by atoms with van der Waals surface area (Å²) in [5.74, 6) is -1.53. The second-order valence-corrected chi connectivity index (χ2v) is 3.76. The second-order valence-electron chi connectivity index (χ2n) is 3.76. The third-order valence-electron chi connectivity index (χ3n) is 2.46. The molecule has 2 rings (SSSR count). The van der Waals surface area contributed by atoms with Crippen LogP contribution in [0.5, 0.6) is 0 Å². The third kappa shape index (κ3) is 2.92. The standard InChI is InChI=1S/C13H9FN2O3/c14-8-1-3-9(4-2-8)15-12-7-10(16-19)5-6-11(12)13(17)18/h1-7,15H,(H,17,18). The van der Waals surface area contributed by atoms with Crippen LogP contribution in [0.25, 0.3) is 0 Å². The van der Waals surface area contributed by atoms with E-state index >= 15 is 0 Å². The summed E-state index contributed by atoms with van der Waals surface area (Å²) in [5, 5.41) is 14.6. The highest BCUT2D eigenvalue weighted by atomic mass is 19.1. The number of nitrogens with one attached hydrogen (secondary N) is 1. The second kappa shape index (κ2) is 5.26. The first-order valence-electron chi connectivity index (χ1n) is 5.33. The molecule has 0 aliphatic rings. The van der Waals surface area contributed by atoms with Gasteiger partial charge in [-0.1, -0.05) is 0 Å². The molecular formula is C13H9FN2O3. The van der Waals surface area contributed by atoms with Crippen LogP contribution in [0.2, 0.25) is 0 Å². The highest BCUT2D eigenvalue weighted by molar-refractivity contribution is 5.96. The summed E-state index contributed by atoms with van der Waals surface area (Å²) < 4.78 is 12.8. The number of hydrogen-bond donors (Lipinski definition) is 2. The lowest BCUT2D eigenvalue weighted by atomic mass is 10.1. The van der Waals surface area contributed by atoms with E-state index in [0.717, 1.165) is 0 Å². The minimum Gasteiger partial charge on any atom is -0.478 e. The number of carboxylic acids is 1. The van der Waals surface area contributed by atoms with Crippen molar-refractivity contribution in [3.63, 3.8) is 0 Å². The molecule has 2 N–H and O–H groups in total. The monoisotopic (exact) mass is 260 g/mol. The van der Waals surface area contributed by atoms with Crippen molar-refractivity contribution in [3.8, 4) is 0 Å². The van der Waals surface area contributed by atoms with Gasteiger partial charge < -0.3 is 10.4 Å². The Bertz CT molecular complexity index is 626. The van der Waals surface area contributed by atoms with E-state index < -0.39 is 11.8 Å². The number of aromatic carboxylic acids is 1. The first-order chi connectivity index (χ1) is 9.10. The lowest BCUT2D eigenvalue weighted by Gasteiger charge is -2.09. The zero-order valence-electron chi connectivity index (χ0n) is 9.63. The molecule has 0 heterocycles. The number of carboxylic acid groups (broad SMARTS) is 1. The predicted octanol–water partition coefficient (Wildman–Crippen LogP) is 3.67. The van der Waals surface area contributed by atoms with Gasteiger partial charge in [-0.25, -0.2) is 9.18 Å². The fourth-order valence-electron chi connectivity index (χ4n) is 1.57. The third-order valence-corrected chi connectivity index (χ3v) is 2.46. The maximum atomic E-state index is 12.8. The van der Waals surface area contributed by atoms with E-state index in [1.165, 1.54) is 42.5 Å². The molecule has 0 aliphatic carbocycles. The molecule has 0 fully saturated rings. The molecule has 19 heavy (non-hydrogen) atoms. The highest BCUT2D eigenvalue weighted by Gasteiger charge is 2.11. The van der Waals surface area contributed by atoms with Gasteiger partial charge >= 0.3 is 5.97 Å². The van der Waals surface area contributed by atoms with Crippen LogP contribution >= 0.6 is 0 Å². The van der Waals surface area contributed by atoms with Crippen LogP contribution in [0.1, 0.15) is 10.4 Å². The zero-order valence-corrected chi connectivity index (χ0v) is 9.63. The van der Waals surface area contributed by atoms with Crippen molar-refractivity contribution in [1.29, 1.82) is 0 Å². The van der Waals surface area contributed by atoms with E-state index in [-0.39, 0.29) is 16.9 Å². The quantitative estimate of drug-likeness (QED) is 0.822. The van der Waals surface area contributed by atoms with Gasteiger partial charge in [0.1, 0.15) is 11.5 Å². The fraction of sp³-hybridized carbons (Fsp3) is 0. The Hall–Kier alpha value is -2.76. The lowest BCUT2D eigenvalue weighted by molar-refractivity contribution is 0.0698. The summed E-state index contributed by atoms with van der Waals surface area (Å²) >= 11 is 0. The summed E-state index contributed by atoms with van der Waals surface area (Å²) in [6.07, 6.45) is 0. The van der Waals surface area contributed by atoms with Crippen molar-refractivity contribution in [2.75, 3.05) is 5.32 Å². The molecule has 0 saturated heterocycles. The van der Waals surface area contributed by atoms with E-state index in [9.17, 15) is 14.1 Å². The van der Waals surface area contributed by atoms with Gasteiger partial charge in [-0.3, -0.25) is 0 Å². The summed E-state index contributed by atoms with van der Waals surface area (Å²) in [6, 6.07) is 9.32. The molecule has 0 spiro atoms. The minimum absolute atomic E-state index is 0.00303. The Balaban J connectivity index is 2.39. The Labute approximate surface area is 107 Å². The molecule has 0 atom stereocenters. The summed E-state index contributed by atoms with van der Waals surface area (Å²) in [7, 11) is 0. The Morgan fingerprint density at radius 2 is 1.84 bits per heavy atom. The van der Waals surface area contributed by atoms with Crippen molar-refractivity contribution >= 4 is 23.0 Å². The number of nitrogens with zero attached hydrogens (tertiary/aromatic N) is 1. The lowest BCUT2D eigenvalue weighted by Crippen LogP contribution is -2.02. The van der Waals surface area contributed by atoms with Crippen LogP contribution in [0, 0.1) is 10.7 Å². The van der Waals surface area contributed by atoms with Crippen LogP contribution in [0.3, 0.4) is 0 Å². The van der Waals surface area contributed by atoms with Crippen LogP contribution in [0.4, 0.5) is 21.5 Å². The van der Waals surface area contributed by atoms with Crippen LogP contribution < -0.4 is 5.32 Å². The van der Waals surface area contributed by atoms with Crippen LogP contribution in [0.15, 0.2) is 47.6 Å². The molecule has 0 unspecified atom stereocenters. The van der Waals surface area contributed by atoms with E-state index in [2.05, 4.69) is 10.5 Å². The summed E-state index contributed by atoms with van der Waals surface area (Å²) in [5.41, 5.74) is 0.828. The predicted molar refractivity (Wildman–Crippen MR) is 68.5 cm³/mol. The van der Waals surface area contributed by atoms with Crippen LogP contribution in [-0.4, -0.2) is 11.1 Å². The molecule has 5 nitrogen and oxygen atoms in total. The van der Waals surface area contributed by atoms with E-state index in [1.54, 1.807) is 0 Å². The number of carbonyl (C=O) groups is 1. The van der Waals surface area contributed by atoms with Gasteiger partial charge in [-0.05, 0) is 47.6 Å². The molecule has 0 bridgehead atoms. The van der Waals surface area contributed by atoms with Crippen molar-refractivity contribution in [1.82, 2.24) is 0 Å². The molecule has 0 saturated carbocycles. The fourth-order valence-corrected chi connectivity index (χ4v) is 1.57. The smallest absolute Gasteiger partial charge is 0.337 e. The largest absolute Gasteiger partial charge is 0.478 e. The van der Waals surface area contributed by atoms with Gasteiger partial charge in [-0.2, -0.15) is 0 Å². The molecular weight excluding hydrogens is 251 g/mol. The van der Waals surface area contributed by atoms with Crippen molar-refractivity contribution < 1.29 is 14.3 Å². The number of hydrogen-bond acceptors (Lipinski definition) is 4. The van der Waals surface area contributed by atoms with Crippen molar-refractivity contribution in [2.24, 2.45) is 5.18 Å². The maximum absolute atomic E-state index is 12.8. The minimum atomic E-state index is -1.14. The number of nitroso groups, excluding NO2 is 1. The maximum Gasteiger partial charge on any atom is 0.337 e. The Kier molecular flexibility index (Phi) is 3.51. The van der Waals surface area contributed by atoms with E-state index in [1.807, 2.05) is 0 Å². The first-order valence-corrected chi connectivity index (χ1v) is 5.33. The Morgan fingerprint density at radius 3 is 2.42 bits per heavy atom. The number of benzene rings is 2. The van der Waals surface area contributed by atoms with Gasteiger partial charge in [0, 0.05) is 5.69 Å². The van der Waals surface area contributed by atoms with Gasteiger partial charge in [-0.15, -0.1) is 4.91 Å². The first kappa shape index (κ1) is 12.7. The zero-order chi connectivity index (χ0) is 13.8. The molecule has 0 aliphatic heterocycles. The highest BCUT2D eigenvalue weighted by Crippen LogP contribution is 2.26. The normalized spacial score (nSPS) is 9.95. The molecule has 0 amide bonds. The molecule has 6 heteroatoms. The molecule has 96 valence electrons. The van der Waals surface area contributed by atoms with Crippen LogP contribution in [-0.2, 0) is 0 Å². The number of halogens is 1. The molecule has 0 aromatic heterocycles. The van der Waals surface area contributed by atoms with Crippen molar-refractivity contribution in [3.05, 3.63) is 58.8 Å². The van der Waals surface area contributed by atoms with Gasteiger partial charge in [0.2, 0.25) is 0 Å². The van der Waals surface area contributed by atoms with Crippen molar-refractivity contribution in [2.45, 2.75) is 0 Å². The van der Waals surface area contributed by atoms with E-state index in [0.29, 0.717) is 5.69 Å². The summed E-state index contributed by atoms with van der Waals surface area (Å²) in [6.45, 7) is 0. The Morgan fingerprint density at radius 1 is 1.16 bits per heavy atom. The summed E-state index contributed by atoms with van der Waals surface area (Å²) in [4.78, 5) is 21.5. The molecule has 0 radical (unpaired) electrons. The molecule has 2 aromatic carbocycles. The number of anilines is 2. The van der Waals surface area contributed by atoms with Gasteiger partial charge in [0.05, 0.1) is 11.3 Å². The van der Waals surface area contributed by atoms with E-state index in [4.69, 9.17) is 5.11 Å². The SMILES string of the molecule is O=Nc1ccc(C(=O)O)c(Nc2ccc(F)cc2)c1. The average molecular weight is 260 g/mol. The topological polar surface area (TPSA) is 78.8 Å². The number of rotatable bonds is 4. The average Bonchev–Trinajstić information content (AvgIpc) is 2.41. The van der Waals surface area contributed by atoms with Gasteiger partial charge in [0.25, 0.3) is 0 Å². The molecule has 2 aromatic rings.